The molecule has 3 aromatic rings. The van der Waals surface area contributed by atoms with Gasteiger partial charge >= 0.3 is 0 Å². The highest BCUT2D eigenvalue weighted by Gasteiger charge is 2.17. The molecule has 0 aliphatic heterocycles. The second kappa shape index (κ2) is 5.63. The second-order valence-corrected chi connectivity index (χ2v) is 5.33. The summed E-state index contributed by atoms with van der Waals surface area (Å²) in [6, 6.07) is 7.83. The van der Waals surface area contributed by atoms with Crippen LogP contribution in [-0.4, -0.2) is 27.0 Å². The van der Waals surface area contributed by atoms with Gasteiger partial charge in [-0.25, -0.2) is 0 Å². The fraction of sp³-hybridized carbons (Fsp3) is 0.312. The van der Waals surface area contributed by atoms with Gasteiger partial charge in [0, 0.05) is 17.3 Å². The van der Waals surface area contributed by atoms with E-state index >= 15 is 0 Å². The van der Waals surface area contributed by atoms with Crippen molar-refractivity contribution in [1.82, 2.24) is 19.9 Å². The molecule has 2 heterocycles. The first-order chi connectivity index (χ1) is 10.6. The van der Waals surface area contributed by atoms with Crippen molar-refractivity contribution in [2.24, 2.45) is 0 Å². The fourth-order valence-electron chi connectivity index (χ4n) is 2.34. The van der Waals surface area contributed by atoms with Crippen LogP contribution in [0.15, 0.2) is 35.0 Å². The number of rotatable bonds is 4. The molecule has 0 radical (unpaired) electrons. The summed E-state index contributed by atoms with van der Waals surface area (Å²) >= 11 is 0. The maximum Gasteiger partial charge on any atom is 0.261 e. The molecular weight excluding hydrogens is 280 g/mol. The average molecular weight is 298 g/mol. The Balaban J connectivity index is 1.93. The van der Waals surface area contributed by atoms with Crippen molar-refractivity contribution in [3.63, 3.8) is 0 Å². The monoisotopic (exact) mass is 298 g/mol. The van der Waals surface area contributed by atoms with Crippen molar-refractivity contribution >= 4 is 0 Å². The predicted molar refractivity (Wildman–Crippen MR) is 82.6 cm³/mol. The van der Waals surface area contributed by atoms with E-state index in [0.29, 0.717) is 11.7 Å². The van der Waals surface area contributed by atoms with E-state index in [1.54, 1.807) is 13.3 Å². The Morgan fingerprint density at radius 2 is 1.91 bits per heavy atom. The fourth-order valence-corrected chi connectivity index (χ4v) is 2.34. The minimum Gasteiger partial charge on any atom is -0.497 e. The molecule has 0 atom stereocenters. The van der Waals surface area contributed by atoms with Gasteiger partial charge in [0.1, 0.15) is 5.75 Å². The second-order valence-electron chi connectivity index (χ2n) is 5.33. The molecule has 6 nitrogen and oxygen atoms in total. The number of hydrogen-bond donors (Lipinski definition) is 0. The van der Waals surface area contributed by atoms with Crippen LogP contribution in [-0.2, 0) is 0 Å². The highest BCUT2D eigenvalue weighted by Crippen LogP contribution is 2.26. The van der Waals surface area contributed by atoms with E-state index in [-0.39, 0.29) is 6.04 Å². The van der Waals surface area contributed by atoms with Gasteiger partial charge in [-0.2, -0.15) is 10.1 Å². The molecule has 2 aromatic heterocycles. The van der Waals surface area contributed by atoms with E-state index < -0.39 is 0 Å². The molecule has 1 aromatic carbocycles. The topological polar surface area (TPSA) is 66.0 Å². The third-order valence-electron chi connectivity index (χ3n) is 3.54. The minimum atomic E-state index is 0.290. The molecular formula is C16H18N4O2. The first-order valence-corrected chi connectivity index (χ1v) is 7.12. The summed E-state index contributed by atoms with van der Waals surface area (Å²) in [5.41, 5.74) is 2.76. The van der Waals surface area contributed by atoms with Gasteiger partial charge in [-0.15, -0.1) is 0 Å². The number of hydrogen-bond acceptors (Lipinski definition) is 5. The molecule has 0 amide bonds. The van der Waals surface area contributed by atoms with E-state index in [4.69, 9.17) is 9.26 Å². The zero-order valence-corrected chi connectivity index (χ0v) is 13.1. The molecule has 6 heteroatoms. The first kappa shape index (κ1) is 14.3. The lowest BCUT2D eigenvalue weighted by atomic mass is 10.2. The summed E-state index contributed by atoms with van der Waals surface area (Å²) in [4.78, 5) is 4.47. The van der Waals surface area contributed by atoms with Crippen LogP contribution in [0.25, 0.3) is 22.8 Å². The van der Waals surface area contributed by atoms with E-state index in [9.17, 15) is 0 Å². The molecule has 22 heavy (non-hydrogen) atoms. The molecule has 0 bridgehead atoms. The predicted octanol–water partition coefficient (Wildman–Crippen LogP) is 3.50. The highest BCUT2D eigenvalue weighted by atomic mass is 16.5. The number of nitrogens with zero attached hydrogens (tertiary/aromatic N) is 4. The van der Waals surface area contributed by atoms with Gasteiger partial charge < -0.3 is 9.26 Å². The van der Waals surface area contributed by atoms with E-state index in [1.807, 2.05) is 35.9 Å². The van der Waals surface area contributed by atoms with Crippen LogP contribution in [0.1, 0.15) is 25.6 Å². The standard InChI is InChI=1S/C16H18N4O2/c1-10(2)20-11(3)14(9-17-20)16-18-15(19-22-16)12-5-7-13(21-4)8-6-12/h5-10H,1-4H3. The van der Waals surface area contributed by atoms with Gasteiger partial charge in [-0.1, -0.05) is 5.16 Å². The molecule has 0 aliphatic rings. The van der Waals surface area contributed by atoms with Gasteiger partial charge in [0.05, 0.1) is 18.9 Å². The molecule has 0 fully saturated rings. The van der Waals surface area contributed by atoms with Gasteiger partial charge in [0.2, 0.25) is 5.82 Å². The smallest absolute Gasteiger partial charge is 0.261 e. The van der Waals surface area contributed by atoms with Crippen molar-refractivity contribution in [3.8, 4) is 28.6 Å². The molecule has 0 saturated heterocycles. The average Bonchev–Trinajstić information content (AvgIpc) is 3.13. The van der Waals surface area contributed by atoms with Gasteiger partial charge in [0.15, 0.2) is 0 Å². The van der Waals surface area contributed by atoms with Crippen molar-refractivity contribution in [1.29, 1.82) is 0 Å². The number of methoxy groups -OCH3 is 1. The van der Waals surface area contributed by atoms with Crippen LogP contribution in [0.3, 0.4) is 0 Å². The van der Waals surface area contributed by atoms with Crippen molar-refractivity contribution < 1.29 is 9.26 Å². The Labute approximate surface area is 128 Å². The van der Waals surface area contributed by atoms with Gasteiger partial charge in [0.25, 0.3) is 5.89 Å². The normalized spacial score (nSPS) is 11.1. The largest absolute Gasteiger partial charge is 0.497 e. The number of ether oxygens (including phenoxy) is 1. The summed E-state index contributed by atoms with van der Waals surface area (Å²) in [5, 5.41) is 8.42. The lowest BCUT2D eigenvalue weighted by molar-refractivity contribution is 0.414. The highest BCUT2D eigenvalue weighted by molar-refractivity contribution is 5.61. The molecule has 114 valence electrons. The first-order valence-electron chi connectivity index (χ1n) is 7.12. The number of benzene rings is 1. The summed E-state index contributed by atoms with van der Waals surface area (Å²) in [5.74, 6) is 1.83. The Kier molecular flexibility index (Phi) is 3.66. The Bertz CT molecular complexity index is 772. The maximum atomic E-state index is 5.39. The lowest BCUT2D eigenvalue weighted by Gasteiger charge is -2.07. The molecule has 3 rings (SSSR count). The Morgan fingerprint density at radius 1 is 1.18 bits per heavy atom. The lowest BCUT2D eigenvalue weighted by Crippen LogP contribution is -2.04. The van der Waals surface area contributed by atoms with Crippen molar-refractivity contribution in [2.45, 2.75) is 26.8 Å². The molecule has 0 unspecified atom stereocenters. The molecule has 0 spiro atoms. The molecule has 0 aliphatic carbocycles. The third kappa shape index (κ3) is 2.47. The van der Waals surface area contributed by atoms with Gasteiger partial charge in [-0.05, 0) is 45.0 Å². The van der Waals surface area contributed by atoms with E-state index in [0.717, 1.165) is 22.6 Å². The summed E-state index contributed by atoms with van der Waals surface area (Å²) in [6.45, 7) is 6.17. The van der Waals surface area contributed by atoms with Gasteiger partial charge in [-0.3, -0.25) is 4.68 Å². The van der Waals surface area contributed by atoms with Crippen molar-refractivity contribution in [3.05, 3.63) is 36.2 Å². The SMILES string of the molecule is COc1ccc(-c2noc(-c3cnn(C(C)C)c3C)n2)cc1. The van der Waals surface area contributed by atoms with E-state index in [2.05, 4.69) is 29.1 Å². The molecule has 0 N–H and O–H groups in total. The van der Waals surface area contributed by atoms with Crippen molar-refractivity contribution in [2.75, 3.05) is 7.11 Å². The Morgan fingerprint density at radius 3 is 2.50 bits per heavy atom. The third-order valence-corrected chi connectivity index (χ3v) is 3.54. The Hall–Kier alpha value is -2.63. The van der Waals surface area contributed by atoms with Crippen LogP contribution in [0.4, 0.5) is 0 Å². The molecule has 0 saturated carbocycles. The van der Waals surface area contributed by atoms with Crippen LogP contribution in [0, 0.1) is 6.92 Å². The summed E-state index contributed by atoms with van der Waals surface area (Å²) in [6.07, 6.45) is 1.76. The number of aromatic nitrogens is 4. The minimum absolute atomic E-state index is 0.290. The van der Waals surface area contributed by atoms with Crippen LogP contribution >= 0.6 is 0 Å². The zero-order valence-electron chi connectivity index (χ0n) is 13.1. The maximum absolute atomic E-state index is 5.39. The van der Waals surface area contributed by atoms with Crippen LogP contribution in [0.2, 0.25) is 0 Å². The van der Waals surface area contributed by atoms with Crippen LogP contribution in [0.5, 0.6) is 5.75 Å². The van der Waals surface area contributed by atoms with E-state index in [1.165, 1.54) is 0 Å². The zero-order chi connectivity index (χ0) is 15.7. The van der Waals surface area contributed by atoms with Crippen LogP contribution < -0.4 is 4.74 Å². The summed E-state index contributed by atoms with van der Waals surface area (Å²) in [7, 11) is 1.64. The quantitative estimate of drug-likeness (QED) is 0.737. The summed E-state index contributed by atoms with van der Waals surface area (Å²) < 4.78 is 12.5.